The summed E-state index contributed by atoms with van der Waals surface area (Å²) >= 11 is 3.52. The molecule has 0 fully saturated rings. The van der Waals surface area contributed by atoms with Crippen LogP contribution in [-0.4, -0.2) is 18.0 Å². The van der Waals surface area contributed by atoms with Gasteiger partial charge in [-0.3, -0.25) is 4.79 Å². The van der Waals surface area contributed by atoms with Crippen molar-refractivity contribution in [2.45, 2.75) is 19.9 Å². The van der Waals surface area contributed by atoms with Gasteiger partial charge in [0, 0.05) is 10.0 Å². The van der Waals surface area contributed by atoms with Crippen molar-refractivity contribution in [3.8, 4) is 5.75 Å². The molecule has 1 amide bonds. The Morgan fingerprint density at radius 3 is 2.68 bits per heavy atom. The molecule has 2 aromatic carbocycles. The highest BCUT2D eigenvalue weighted by atomic mass is 79.9. The van der Waals surface area contributed by atoms with Crippen LogP contribution in [0.4, 0.5) is 5.69 Å². The van der Waals surface area contributed by atoms with E-state index in [4.69, 9.17) is 9.15 Å². The van der Waals surface area contributed by atoms with Crippen LogP contribution in [0.5, 0.6) is 5.75 Å². The normalized spacial score (nSPS) is 13.8. The Morgan fingerprint density at radius 2 is 2.00 bits per heavy atom. The van der Waals surface area contributed by atoms with Crippen LogP contribution in [0.3, 0.4) is 0 Å². The minimum absolute atomic E-state index is 0.00484. The molecule has 1 aliphatic rings. The Kier molecular flexibility index (Phi) is 5.05. The fraction of sp³-hybridized carbons (Fsp3) is 0.182. The molecule has 0 atom stereocenters. The van der Waals surface area contributed by atoms with Gasteiger partial charge < -0.3 is 14.1 Å². The van der Waals surface area contributed by atoms with Gasteiger partial charge >= 0.3 is 0 Å². The van der Waals surface area contributed by atoms with Gasteiger partial charge in [-0.25, -0.2) is 4.98 Å². The predicted molar refractivity (Wildman–Crippen MR) is 112 cm³/mol. The first-order valence-electron chi connectivity index (χ1n) is 8.90. The van der Waals surface area contributed by atoms with Gasteiger partial charge in [0.2, 0.25) is 11.8 Å². The van der Waals surface area contributed by atoms with Crippen LogP contribution in [0.2, 0.25) is 0 Å². The summed E-state index contributed by atoms with van der Waals surface area (Å²) in [5, 5.41) is 0. The first kappa shape index (κ1) is 18.5. The number of halogens is 1. The summed E-state index contributed by atoms with van der Waals surface area (Å²) in [6.45, 7) is 2.31. The lowest BCUT2D eigenvalue weighted by atomic mass is 10.1. The van der Waals surface area contributed by atoms with E-state index in [0.29, 0.717) is 12.4 Å². The van der Waals surface area contributed by atoms with Gasteiger partial charge in [0.1, 0.15) is 11.5 Å². The average molecular weight is 439 g/mol. The number of carbonyl (C=O) groups is 1. The summed E-state index contributed by atoms with van der Waals surface area (Å²) in [7, 11) is 1.64. The first-order valence-corrected chi connectivity index (χ1v) is 9.69. The second-order valence-corrected chi connectivity index (χ2v) is 7.57. The minimum atomic E-state index is -0.00484. The van der Waals surface area contributed by atoms with E-state index in [1.807, 2.05) is 55.5 Å². The van der Waals surface area contributed by atoms with E-state index >= 15 is 0 Å². The lowest BCUT2D eigenvalue weighted by molar-refractivity contribution is -0.117. The molecular weight excluding hydrogens is 420 g/mol. The fourth-order valence-electron chi connectivity index (χ4n) is 3.23. The van der Waals surface area contributed by atoms with Crippen LogP contribution in [0.25, 0.3) is 11.6 Å². The Hall–Kier alpha value is -2.86. The van der Waals surface area contributed by atoms with Crippen LogP contribution < -0.4 is 9.64 Å². The summed E-state index contributed by atoms with van der Waals surface area (Å²) in [5.74, 6) is 2.00. The number of aryl methyl sites for hydroxylation is 1. The molecule has 0 spiro atoms. The van der Waals surface area contributed by atoms with E-state index < -0.39 is 0 Å². The van der Waals surface area contributed by atoms with E-state index in [1.54, 1.807) is 18.2 Å². The Morgan fingerprint density at radius 1 is 1.21 bits per heavy atom. The molecule has 28 heavy (non-hydrogen) atoms. The summed E-state index contributed by atoms with van der Waals surface area (Å²) in [6.07, 6.45) is 3.88. The van der Waals surface area contributed by atoms with Gasteiger partial charge in [-0.2, -0.15) is 0 Å². The van der Waals surface area contributed by atoms with Crippen LogP contribution in [0, 0.1) is 6.92 Å². The highest BCUT2D eigenvalue weighted by molar-refractivity contribution is 9.10. The molecule has 0 bridgehead atoms. The summed E-state index contributed by atoms with van der Waals surface area (Å²) in [5.41, 5.74) is 3.61. The van der Waals surface area contributed by atoms with E-state index in [2.05, 4.69) is 20.9 Å². The maximum absolute atomic E-state index is 13.2. The molecule has 4 rings (SSSR count). The second-order valence-electron chi connectivity index (χ2n) is 6.65. The number of fused-ring (bicyclic) bond motifs is 1. The third-order valence-corrected chi connectivity index (χ3v) is 5.14. The fourth-order valence-corrected chi connectivity index (χ4v) is 3.58. The zero-order valence-electron chi connectivity index (χ0n) is 15.6. The molecule has 5 nitrogen and oxygen atoms in total. The van der Waals surface area contributed by atoms with Crippen LogP contribution in [0.1, 0.15) is 29.2 Å². The number of carbonyl (C=O) groups excluding carboxylic acids is 1. The van der Waals surface area contributed by atoms with Gasteiger partial charge in [-0.05, 0) is 48.4 Å². The van der Waals surface area contributed by atoms with E-state index in [9.17, 15) is 4.79 Å². The standard InChI is InChI=1S/C22H19BrN2O3/c1-14-12-24-22(28-14)17-9-16-5-6-18(23)11-20(16)25(21(26)10-17)13-15-3-7-19(27-2)8-4-15/h3-9,11-12H,10,13H2,1-2H3. The number of benzene rings is 2. The van der Waals surface area contributed by atoms with Crippen molar-refractivity contribution in [3.63, 3.8) is 0 Å². The molecule has 0 unspecified atom stereocenters. The van der Waals surface area contributed by atoms with Crippen LogP contribution in [-0.2, 0) is 11.3 Å². The van der Waals surface area contributed by atoms with E-state index in [0.717, 1.165) is 38.4 Å². The Bertz CT molecular complexity index is 1050. The van der Waals surface area contributed by atoms with Gasteiger partial charge in [0.05, 0.1) is 32.0 Å². The molecule has 0 radical (unpaired) electrons. The summed E-state index contributed by atoms with van der Waals surface area (Å²) in [4.78, 5) is 19.3. The molecular formula is C22H19BrN2O3. The molecule has 0 saturated carbocycles. The maximum Gasteiger partial charge on any atom is 0.231 e. The van der Waals surface area contributed by atoms with Crippen molar-refractivity contribution in [1.29, 1.82) is 0 Å². The number of anilines is 1. The van der Waals surface area contributed by atoms with Gasteiger partial charge in [-0.1, -0.05) is 34.1 Å². The predicted octanol–water partition coefficient (Wildman–Crippen LogP) is 5.23. The topological polar surface area (TPSA) is 55.6 Å². The SMILES string of the molecule is COc1ccc(CN2C(=O)CC(c3ncc(C)o3)=Cc3ccc(Br)cc32)cc1. The number of ether oxygens (including phenoxy) is 1. The highest BCUT2D eigenvalue weighted by Gasteiger charge is 2.26. The van der Waals surface area contributed by atoms with Gasteiger partial charge in [-0.15, -0.1) is 0 Å². The van der Waals surface area contributed by atoms with Gasteiger partial charge in [0.15, 0.2) is 0 Å². The van der Waals surface area contributed by atoms with Crippen molar-refractivity contribution >= 4 is 39.2 Å². The molecule has 1 aromatic heterocycles. The lowest BCUT2D eigenvalue weighted by Gasteiger charge is -2.23. The molecule has 6 heteroatoms. The third-order valence-electron chi connectivity index (χ3n) is 4.65. The zero-order valence-corrected chi connectivity index (χ0v) is 17.2. The quantitative estimate of drug-likeness (QED) is 0.559. The largest absolute Gasteiger partial charge is 0.497 e. The number of nitrogens with zero attached hydrogens (tertiary/aromatic N) is 2. The number of oxazole rings is 1. The Labute approximate surface area is 171 Å². The minimum Gasteiger partial charge on any atom is -0.497 e. The zero-order chi connectivity index (χ0) is 19.7. The van der Waals surface area contributed by atoms with Crippen molar-refractivity contribution in [3.05, 3.63) is 75.9 Å². The van der Waals surface area contributed by atoms with Crippen molar-refractivity contribution in [2.24, 2.45) is 0 Å². The molecule has 3 aromatic rings. The van der Waals surface area contributed by atoms with Crippen LogP contribution >= 0.6 is 15.9 Å². The molecule has 0 aliphatic carbocycles. The second kappa shape index (κ2) is 7.64. The third kappa shape index (κ3) is 3.73. The van der Waals surface area contributed by atoms with Gasteiger partial charge in [0.25, 0.3) is 0 Å². The molecule has 0 N–H and O–H groups in total. The number of hydrogen-bond donors (Lipinski definition) is 0. The Balaban J connectivity index is 1.73. The van der Waals surface area contributed by atoms with E-state index in [-0.39, 0.29) is 12.3 Å². The molecule has 1 aliphatic heterocycles. The smallest absolute Gasteiger partial charge is 0.231 e. The maximum atomic E-state index is 13.2. The molecule has 0 saturated heterocycles. The van der Waals surface area contributed by atoms with Crippen LogP contribution in [0.15, 0.2) is 57.6 Å². The van der Waals surface area contributed by atoms with E-state index in [1.165, 1.54) is 0 Å². The molecule has 2 heterocycles. The number of hydrogen-bond acceptors (Lipinski definition) is 4. The average Bonchev–Trinajstić information content (AvgIpc) is 3.08. The molecule has 142 valence electrons. The lowest BCUT2D eigenvalue weighted by Crippen LogP contribution is -2.30. The summed E-state index contributed by atoms with van der Waals surface area (Å²) in [6, 6.07) is 13.7. The van der Waals surface area contributed by atoms with Crippen molar-refractivity contribution in [1.82, 2.24) is 4.98 Å². The van der Waals surface area contributed by atoms with Crippen molar-refractivity contribution in [2.75, 3.05) is 12.0 Å². The first-order chi connectivity index (χ1) is 13.5. The summed E-state index contributed by atoms with van der Waals surface area (Å²) < 4.78 is 11.8. The number of amides is 1. The number of rotatable bonds is 4. The number of methoxy groups -OCH3 is 1. The highest BCUT2D eigenvalue weighted by Crippen LogP contribution is 2.35. The number of aromatic nitrogens is 1. The van der Waals surface area contributed by atoms with Crippen molar-refractivity contribution < 1.29 is 13.9 Å². The monoisotopic (exact) mass is 438 g/mol.